The number of nitrogens with two attached hydrogens (primary N) is 1. The zero-order valence-electron chi connectivity index (χ0n) is 8.28. The SMILES string of the molecule is Nc1cnc2nc(-c3ccncc3)nn2c1. The van der Waals surface area contributed by atoms with Crippen LogP contribution in [0.15, 0.2) is 36.9 Å². The first kappa shape index (κ1) is 8.78. The number of nitrogen functional groups attached to an aromatic ring is 1. The van der Waals surface area contributed by atoms with E-state index in [-0.39, 0.29) is 0 Å². The van der Waals surface area contributed by atoms with Crippen molar-refractivity contribution in [3.63, 3.8) is 0 Å². The fraction of sp³-hybridized carbons (Fsp3) is 0. The van der Waals surface area contributed by atoms with Gasteiger partial charge in [0.05, 0.1) is 18.1 Å². The van der Waals surface area contributed by atoms with Gasteiger partial charge in [0.2, 0.25) is 0 Å². The lowest BCUT2D eigenvalue weighted by Gasteiger charge is -1.91. The van der Waals surface area contributed by atoms with Gasteiger partial charge < -0.3 is 5.73 Å². The molecule has 0 aliphatic carbocycles. The van der Waals surface area contributed by atoms with Gasteiger partial charge in [-0.25, -0.2) is 9.50 Å². The number of hydrogen-bond acceptors (Lipinski definition) is 5. The van der Waals surface area contributed by atoms with Crippen molar-refractivity contribution in [2.75, 3.05) is 5.73 Å². The lowest BCUT2D eigenvalue weighted by atomic mass is 10.3. The standard InChI is InChI=1S/C10H8N6/c11-8-5-13-10-14-9(15-16(10)6-8)7-1-3-12-4-2-7/h1-6H,11H2. The number of nitrogens with zero attached hydrogens (tertiary/aromatic N) is 5. The third kappa shape index (κ3) is 1.36. The summed E-state index contributed by atoms with van der Waals surface area (Å²) in [5, 5.41) is 4.28. The number of fused-ring (bicyclic) bond motifs is 1. The minimum Gasteiger partial charge on any atom is -0.396 e. The highest BCUT2D eigenvalue weighted by atomic mass is 15.3. The van der Waals surface area contributed by atoms with Crippen LogP contribution < -0.4 is 5.73 Å². The molecule has 0 aromatic carbocycles. The van der Waals surface area contributed by atoms with Gasteiger partial charge in [0, 0.05) is 18.0 Å². The monoisotopic (exact) mass is 212 g/mol. The molecule has 6 heteroatoms. The Morgan fingerprint density at radius 1 is 1.19 bits per heavy atom. The average Bonchev–Trinajstić information content (AvgIpc) is 2.73. The van der Waals surface area contributed by atoms with Crippen molar-refractivity contribution in [1.29, 1.82) is 0 Å². The maximum absolute atomic E-state index is 5.61. The molecule has 78 valence electrons. The van der Waals surface area contributed by atoms with Crippen molar-refractivity contribution in [2.45, 2.75) is 0 Å². The van der Waals surface area contributed by atoms with Crippen LogP contribution in [0.5, 0.6) is 0 Å². The average molecular weight is 212 g/mol. The maximum Gasteiger partial charge on any atom is 0.252 e. The summed E-state index contributed by atoms with van der Waals surface area (Å²) in [4.78, 5) is 12.3. The Morgan fingerprint density at radius 2 is 2.00 bits per heavy atom. The van der Waals surface area contributed by atoms with Gasteiger partial charge in [0.1, 0.15) is 0 Å². The van der Waals surface area contributed by atoms with E-state index in [1.807, 2.05) is 12.1 Å². The maximum atomic E-state index is 5.61. The van der Waals surface area contributed by atoms with Crippen molar-refractivity contribution in [2.24, 2.45) is 0 Å². The molecular formula is C10H8N6. The van der Waals surface area contributed by atoms with Crippen LogP contribution in [0, 0.1) is 0 Å². The summed E-state index contributed by atoms with van der Waals surface area (Å²) in [5.41, 5.74) is 7.07. The normalized spacial score (nSPS) is 10.8. The Balaban J connectivity index is 2.19. The molecule has 0 radical (unpaired) electrons. The molecule has 0 saturated heterocycles. The molecule has 0 fully saturated rings. The highest BCUT2D eigenvalue weighted by molar-refractivity contribution is 5.56. The molecule has 3 rings (SSSR count). The summed E-state index contributed by atoms with van der Waals surface area (Å²) in [6, 6.07) is 3.69. The fourth-order valence-electron chi connectivity index (χ4n) is 1.42. The first-order chi connectivity index (χ1) is 7.83. The van der Waals surface area contributed by atoms with Crippen LogP contribution in [-0.2, 0) is 0 Å². The Labute approximate surface area is 90.8 Å². The number of aromatic nitrogens is 5. The van der Waals surface area contributed by atoms with Crippen LogP contribution in [0.1, 0.15) is 0 Å². The summed E-state index contributed by atoms with van der Waals surface area (Å²) < 4.78 is 1.56. The second kappa shape index (κ2) is 3.27. The first-order valence-corrected chi connectivity index (χ1v) is 4.71. The lowest BCUT2D eigenvalue weighted by molar-refractivity contribution is 0.945. The van der Waals surface area contributed by atoms with E-state index in [1.165, 1.54) is 0 Å². The van der Waals surface area contributed by atoms with E-state index in [2.05, 4.69) is 20.1 Å². The van der Waals surface area contributed by atoms with Crippen LogP contribution in [0.2, 0.25) is 0 Å². The fourth-order valence-corrected chi connectivity index (χ4v) is 1.42. The van der Waals surface area contributed by atoms with E-state index < -0.39 is 0 Å². The smallest absolute Gasteiger partial charge is 0.252 e. The predicted octanol–water partition coefficient (Wildman–Crippen LogP) is 0.768. The largest absolute Gasteiger partial charge is 0.396 e. The van der Waals surface area contributed by atoms with E-state index in [0.29, 0.717) is 17.3 Å². The molecule has 0 aliphatic rings. The van der Waals surface area contributed by atoms with Gasteiger partial charge in [-0.1, -0.05) is 0 Å². The highest BCUT2D eigenvalue weighted by Crippen LogP contribution is 2.14. The Morgan fingerprint density at radius 3 is 2.81 bits per heavy atom. The summed E-state index contributed by atoms with van der Waals surface area (Å²) in [7, 11) is 0. The summed E-state index contributed by atoms with van der Waals surface area (Å²) in [6.45, 7) is 0. The summed E-state index contributed by atoms with van der Waals surface area (Å²) in [5.74, 6) is 1.14. The molecule has 2 N–H and O–H groups in total. The van der Waals surface area contributed by atoms with Gasteiger partial charge in [0.15, 0.2) is 5.82 Å². The van der Waals surface area contributed by atoms with Crippen LogP contribution in [0.25, 0.3) is 17.2 Å². The molecule has 0 spiro atoms. The van der Waals surface area contributed by atoms with Crippen molar-refractivity contribution >= 4 is 11.5 Å². The summed E-state index contributed by atoms with van der Waals surface area (Å²) in [6.07, 6.45) is 6.63. The Hall–Kier alpha value is -2.50. The molecule has 16 heavy (non-hydrogen) atoms. The van der Waals surface area contributed by atoms with Gasteiger partial charge in [0.25, 0.3) is 5.78 Å². The third-order valence-corrected chi connectivity index (χ3v) is 2.15. The van der Waals surface area contributed by atoms with Crippen LogP contribution in [0.4, 0.5) is 5.69 Å². The van der Waals surface area contributed by atoms with E-state index >= 15 is 0 Å². The first-order valence-electron chi connectivity index (χ1n) is 4.71. The molecule has 0 atom stereocenters. The van der Waals surface area contributed by atoms with Gasteiger partial charge >= 0.3 is 0 Å². The number of rotatable bonds is 1. The van der Waals surface area contributed by atoms with Crippen LogP contribution in [-0.4, -0.2) is 24.6 Å². The van der Waals surface area contributed by atoms with Crippen molar-refractivity contribution in [3.8, 4) is 11.4 Å². The molecular weight excluding hydrogens is 204 g/mol. The molecule has 0 amide bonds. The molecule has 0 aliphatic heterocycles. The van der Waals surface area contributed by atoms with Gasteiger partial charge in [-0.2, -0.15) is 4.98 Å². The highest BCUT2D eigenvalue weighted by Gasteiger charge is 2.06. The molecule has 0 saturated carbocycles. The molecule has 0 unspecified atom stereocenters. The number of anilines is 1. The molecule has 3 heterocycles. The quantitative estimate of drug-likeness (QED) is 0.644. The topological polar surface area (TPSA) is 82.0 Å². The van der Waals surface area contributed by atoms with Gasteiger partial charge in [-0.3, -0.25) is 4.98 Å². The molecule has 6 nitrogen and oxygen atoms in total. The second-order valence-electron chi connectivity index (χ2n) is 3.30. The van der Waals surface area contributed by atoms with E-state index in [1.54, 1.807) is 29.3 Å². The zero-order chi connectivity index (χ0) is 11.0. The van der Waals surface area contributed by atoms with E-state index in [4.69, 9.17) is 5.73 Å². The van der Waals surface area contributed by atoms with Crippen molar-refractivity contribution in [3.05, 3.63) is 36.9 Å². The predicted molar refractivity (Wildman–Crippen MR) is 58.4 cm³/mol. The minimum atomic E-state index is 0.529. The van der Waals surface area contributed by atoms with Crippen molar-refractivity contribution < 1.29 is 0 Å². The minimum absolute atomic E-state index is 0.529. The van der Waals surface area contributed by atoms with Crippen LogP contribution in [0.3, 0.4) is 0 Å². The zero-order valence-corrected chi connectivity index (χ0v) is 8.28. The van der Waals surface area contributed by atoms with Gasteiger partial charge in [-0.15, -0.1) is 5.10 Å². The third-order valence-electron chi connectivity index (χ3n) is 2.15. The van der Waals surface area contributed by atoms with E-state index in [9.17, 15) is 0 Å². The Bertz CT molecular complexity index is 630. The summed E-state index contributed by atoms with van der Waals surface area (Å²) >= 11 is 0. The van der Waals surface area contributed by atoms with E-state index in [0.717, 1.165) is 5.56 Å². The number of hydrogen-bond donors (Lipinski definition) is 1. The lowest BCUT2D eigenvalue weighted by Crippen LogP contribution is -1.94. The number of pyridine rings is 1. The molecule has 3 aromatic heterocycles. The Kier molecular flexibility index (Phi) is 1.79. The van der Waals surface area contributed by atoms with Crippen LogP contribution >= 0.6 is 0 Å². The second-order valence-corrected chi connectivity index (χ2v) is 3.30. The van der Waals surface area contributed by atoms with Gasteiger partial charge in [-0.05, 0) is 12.1 Å². The molecule has 0 bridgehead atoms. The van der Waals surface area contributed by atoms with Crippen molar-refractivity contribution in [1.82, 2.24) is 24.6 Å². The molecule has 3 aromatic rings.